The molecule has 7 heteroatoms. The summed E-state index contributed by atoms with van der Waals surface area (Å²) in [5.74, 6) is 0.488. The Hall–Kier alpha value is -2.70. The SMILES string of the molecule is Cl.NC[C@@H]1CN(C(=O)Cn2ncc(=O)c3ccccc32)C[C@H]1c1ccccc1. The second-order valence-electron chi connectivity index (χ2n) is 7.00. The smallest absolute Gasteiger partial charge is 0.244 e. The fourth-order valence-electron chi connectivity index (χ4n) is 3.91. The van der Waals surface area contributed by atoms with Gasteiger partial charge in [0.25, 0.3) is 0 Å². The third-order valence-electron chi connectivity index (χ3n) is 5.37. The number of likely N-dealkylation sites (tertiary alicyclic amines) is 1. The topological polar surface area (TPSA) is 81.2 Å². The first-order valence-corrected chi connectivity index (χ1v) is 9.15. The van der Waals surface area contributed by atoms with E-state index < -0.39 is 0 Å². The number of amides is 1. The lowest BCUT2D eigenvalue weighted by Gasteiger charge is -2.18. The number of carbonyl (C=O) groups is 1. The van der Waals surface area contributed by atoms with E-state index >= 15 is 0 Å². The predicted octanol–water partition coefficient (Wildman–Crippen LogP) is 2.02. The van der Waals surface area contributed by atoms with Crippen LogP contribution in [0.15, 0.2) is 65.6 Å². The molecule has 3 aromatic rings. The van der Waals surface area contributed by atoms with Crippen molar-refractivity contribution in [2.75, 3.05) is 19.6 Å². The maximum atomic E-state index is 12.9. The first-order chi connectivity index (χ1) is 13.2. The second kappa shape index (κ2) is 8.54. The van der Waals surface area contributed by atoms with Crippen LogP contribution >= 0.6 is 12.4 Å². The lowest BCUT2D eigenvalue weighted by molar-refractivity contribution is -0.131. The molecule has 6 nitrogen and oxygen atoms in total. The summed E-state index contributed by atoms with van der Waals surface area (Å²) in [7, 11) is 0. The molecule has 28 heavy (non-hydrogen) atoms. The van der Waals surface area contributed by atoms with Gasteiger partial charge >= 0.3 is 0 Å². The molecule has 2 N–H and O–H groups in total. The Labute approximate surface area is 169 Å². The highest BCUT2D eigenvalue weighted by Gasteiger charge is 2.35. The summed E-state index contributed by atoms with van der Waals surface area (Å²) in [4.78, 5) is 26.8. The van der Waals surface area contributed by atoms with E-state index in [0.717, 1.165) is 0 Å². The van der Waals surface area contributed by atoms with Crippen molar-refractivity contribution in [3.63, 3.8) is 0 Å². The van der Waals surface area contributed by atoms with Crippen LogP contribution in [0.4, 0.5) is 0 Å². The molecule has 0 spiro atoms. The molecule has 2 heterocycles. The third kappa shape index (κ3) is 3.79. The monoisotopic (exact) mass is 398 g/mol. The van der Waals surface area contributed by atoms with Gasteiger partial charge in [0, 0.05) is 24.4 Å². The Morgan fingerprint density at radius 3 is 2.54 bits per heavy atom. The van der Waals surface area contributed by atoms with Crippen molar-refractivity contribution < 1.29 is 4.79 Å². The van der Waals surface area contributed by atoms with Crippen LogP contribution in [0.25, 0.3) is 10.9 Å². The zero-order valence-corrected chi connectivity index (χ0v) is 16.2. The molecule has 1 saturated heterocycles. The van der Waals surface area contributed by atoms with Gasteiger partial charge in [-0.1, -0.05) is 42.5 Å². The standard InChI is InChI=1S/C21H22N4O2.ClH/c22-10-16-12-24(13-18(16)15-6-2-1-3-7-15)21(27)14-25-19-9-5-4-8-17(19)20(26)11-23-25;/h1-9,11,16,18H,10,12-14,22H2;1H/t16-,18+;/m1./s1. The second-order valence-corrected chi connectivity index (χ2v) is 7.00. The highest BCUT2D eigenvalue weighted by atomic mass is 35.5. The number of benzene rings is 2. The zero-order chi connectivity index (χ0) is 18.8. The molecule has 2 atom stereocenters. The highest BCUT2D eigenvalue weighted by Crippen LogP contribution is 2.32. The Balaban J connectivity index is 0.00000225. The Morgan fingerprint density at radius 2 is 1.79 bits per heavy atom. The molecule has 1 fully saturated rings. The molecule has 0 saturated carbocycles. The van der Waals surface area contributed by atoms with Crippen LogP contribution in [0.1, 0.15) is 11.5 Å². The number of aromatic nitrogens is 2. The Bertz CT molecular complexity index is 1020. The number of nitrogens with zero attached hydrogens (tertiary/aromatic N) is 3. The lowest BCUT2D eigenvalue weighted by Crippen LogP contribution is -2.33. The van der Waals surface area contributed by atoms with Gasteiger partial charge in [0.05, 0.1) is 11.7 Å². The molecule has 1 amide bonds. The van der Waals surface area contributed by atoms with Crippen LogP contribution in [0.5, 0.6) is 0 Å². The molecule has 2 aromatic carbocycles. The molecule has 146 valence electrons. The molecule has 1 aliphatic heterocycles. The molecule has 1 aromatic heterocycles. The van der Waals surface area contributed by atoms with Gasteiger partial charge < -0.3 is 10.6 Å². The van der Waals surface area contributed by atoms with Crippen LogP contribution in [0.3, 0.4) is 0 Å². The van der Waals surface area contributed by atoms with Crippen molar-refractivity contribution in [3.05, 3.63) is 76.6 Å². The minimum absolute atomic E-state index is 0. The van der Waals surface area contributed by atoms with Crippen LogP contribution in [0, 0.1) is 5.92 Å². The van der Waals surface area contributed by atoms with Gasteiger partial charge in [0.15, 0.2) is 0 Å². The summed E-state index contributed by atoms with van der Waals surface area (Å²) in [5, 5.41) is 4.74. The van der Waals surface area contributed by atoms with Gasteiger partial charge in [0.1, 0.15) is 6.54 Å². The van der Waals surface area contributed by atoms with Crippen LogP contribution in [-0.4, -0.2) is 40.2 Å². The van der Waals surface area contributed by atoms with Gasteiger partial charge in [-0.25, -0.2) is 0 Å². The average Bonchev–Trinajstić information content (AvgIpc) is 3.16. The summed E-state index contributed by atoms with van der Waals surface area (Å²) in [6, 6.07) is 17.4. The quantitative estimate of drug-likeness (QED) is 0.729. The van der Waals surface area contributed by atoms with Gasteiger partial charge in [-0.2, -0.15) is 5.10 Å². The van der Waals surface area contributed by atoms with E-state index in [9.17, 15) is 9.59 Å². The van der Waals surface area contributed by atoms with E-state index in [1.165, 1.54) is 11.8 Å². The van der Waals surface area contributed by atoms with E-state index in [4.69, 9.17) is 5.73 Å². The molecule has 0 radical (unpaired) electrons. The van der Waals surface area contributed by atoms with E-state index in [1.54, 1.807) is 10.7 Å². The van der Waals surface area contributed by atoms with Gasteiger partial charge in [0.2, 0.25) is 11.3 Å². The number of rotatable bonds is 4. The number of halogens is 1. The summed E-state index contributed by atoms with van der Waals surface area (Å²) in [6.07, 6.45) is 1.27. The molecular weight excluding hydrogens is 376 g/mol. The van der Waals surface area contributed by atoms with Crippen LogP contribution in [-0.2, 0) is 11.3 Å². The Kier molecular flexibility index (Phi) is 6.11. The molecule has 0 aliphatic carbocycles. The highest BCUT2D eigenvalue weighted by molar-refractivity contribution is 5.85. The molecule has 1 aliphatic rings. The van der Waals surface area contributed by atoms with E-state index in [1.807, 2.05) is 41.3 Å². The predicted molar refractivity (Wildman–Crippen MR) is 112 cm³/mol. The summed E-state index contributed by atoms with van der Waals surface area (Å²) in [5.41, 5.74) is 7.73. The van der Waals surface area contributed by atoms with Gasteiger partial charge in [-0.3, -0.25) is 14.3 Å². The fraction of sp³-hybridized carbons (Fsp3) is 0.286. The van der Waals surface area contributed by atoms with E-state index in [-0.39, 0.29) is 42.1 Å². The fourth-order valence-corrected chi connectivity index (χ4v) is 3.91. The van der Waals surface area contributed by atoms with E-state index in [2.05, 4.69) is 17.2 Å². The minimum Gasteiger partial charge on any atom is -0.340 e. The van der Waals surface area contributed by atoms with Crippen molar-refractivity contribution in [1.29, 1.82) is 0 Å². The maximum Gasteiger partial charge on any atom is 0.244 e. The lowest BCUT2D eigenvalue weighted by atomic mass is 9.89. The van der Waals surface area contributed by atoms with Crippen molar-refractivity contribution in [3.8, 4) is 0 Å². The number of para-hydroxylation sites is 1. The number of fused-ring (bicyclic) bond motifs is 1. The van der Waals surface area contributed by atoms with Gasteiger partial charge in [-0.05, 0) is 30.2 Å². The first-order valence-electron chi connectivity index (χ1n) is 9.15. The first kappa shape index (κ1) is 20.0. The largest absolute Gasteiger partial charge is 0.340 e. The number of nitrogens with two attached hydrogens (primary N) is 1. The third-order valence-corrected chi connectivity index (χ3v) is 5.37. The number of hydrogen-bond acceptors (Lipinski definition) is 4. The maximum absolute atomic E-state index is 12.9. The molecule has 0 bridgehead atoms. The summed E-state index contributed by atoms with van der Waals surface area (Å²) in [6.45, 7) is 1.96. The number of carbonyl (C=O) groups excluding carboxylic acids is 1. The van der Waals surface area contributed by atoms with Crippen molar-refractivity contribution in [1.82, 2.24) is 14.7 Å². The Morgan fingerprint density at radius 1 is 1.07 bits per heavy atom. The minimum atomic E-state index is -0.136. The van der Waals surface area contributed by atoms with Crippen LogP contribution < -0.4 is 11.2 Å². The van der Waals surface area contributed by atoms with Crippen molar-refractivity contribution in [2.45, 2.75) is 12.5 Å². The normalized spacial score (nSPS) is 18.8. The number of hydrogen-bond donors (Lipinski definition) is 1. The average molecular weight is 399 g/mol. The molecule has 4 rings (SSSR count). The summed E-state index contributed by atoms with van der Waals surface area (Å²) >= 11 is 0. The van der Waals surface area contributed by atoms with Crippen molar-refractivity contribution >= 4 is 29.2 Å². The van der Waals surface area contributed by atoms with E-state index in [0.29, 0.717) is 30.5 Å². The molecule has 0 unspecified atom stereocenters. The van der Waals surface area contributed by atoms with Gasteiger partial charge in [-0.15, -0.1) is 12.4 Å². The van der Waals surface area contributed by atoms with Crippen LogP contribution in [0.2, 0.25) is 0 Å². The van der Waals surface area contributed by atoms with Crippen molar-refractivity contribution in [2.24, 2.45) is 11.7 Å². The zero-order valence-electron chi connectivity index (χ0n) is 15.4. The summed E-state index contributed by atoms with van der Waals surface area (Å²) < 4.78 is 1.60. The molecular formula is C21H23ClN4O2.